The van der Waals surface area contributed by atoms with Gasteiger partial charge in [-0.25, -0.2) is 0 Å². The van der Waals surface area contributed by atoms with Crippen molar-refractivity contribution in [2.45, 2.75) is 89.5 Å². The van der Waals surface area contributed by atoms with E-state index < -0.39 is 0 Å². The zero-order chi connectivity index (χ0) is 23.0. The molecule has 0 unspecified atom stereocenters. The van der Waals surface area contributed by atoms with E-state index in [0.717, 1.165) is 0 Å². The fourth-order valence-corrected chi connectivity index (χ4v) is 0.580. The van der Waals surface area contributed by atoms with Gasteiger partial charge in [0, 0.05) is 54.0 Å². The van der Waals surface area contributed by atoms with Crippen LogP contribution in [-0.4, -0.2) is 24.1 Å². The number of hydrogen-bond acceptors (Lipinski definition) is 4. The Morgan fingerprint density at radius 2 is 0.727 bits per heavy atom. The predicted octanol–water partition coefficient (Wildman–Crippen LogP) is 6.68. The van der Waals surface area contributed by atoms with Crippen LogP contribution in [0.25, 0.3) is 0 Å². The van der Waals surface area contributed by atoms with Crippen LogP contribution in [0.1, 0.15) is 89.5 Å². The van der Waals surface area contributed by atoms with Crippen LogP contribution >= 0.6 is 0 Å². The first kappa shape index (κ1) is 70.1. The second-order valence-electron chi connectivity index (χ2n) is 7.12. The molecule has 33 heavy (non-hydrogen) atoms. The van der Waals surface area contributed by atoms with Crippen molar-refractivity contribution in [2.75, 3.05) is 0 Å². The van der Waals surface area contributed by atoms with Gasteiger partial charge in [-0.05, 0) is 0 Å². The summed E-state index contributed by atoms with van der Waals surface area (Å²) in [4.78, 5) is 40.8. The number of carbonyl (C=O) groups excluding carboxylic acids is 4. The predicted molar refractivity (Wildman–Crippen MR) is 129 cm³/mol. The Kier molecular flexibility index (Phi) is 125. The molecular weight excluding hydrogens is 1100 g/mol. The van der Waals surface area contributed by atoms with Crippen molar-refractivity contribution >= 4 is 24.1 Å². The first-order chi connectivity index (χ1) is 12.3. The smallest absolute Gasteiger partial charge is 0.542 e. The summed E-state index contributed by atoms with van der Waals surface area (Å²) in [7, 11) is 0. The van der Waals surface area contributed by atoms with Gasteiger partial charge >= 0.3 is 42.1 Å². The number of rotatable bonds is 6. The van der Waals surface area contributed by atoms with E-state index in [-0.39, 0.29) is 141 Å². The Labute approximate surface area is 266 Å². The average Bonchev–Trinajstić information content (AvgIpc) is 2.56. The second kappa shape index (κ2) is 58.9. The Bertz CT molecular complexity index is 315. The number of hydrogen-bond donors (Lipinski definition) is 0. The van der Waals surface area contributed by atoms with E-state index in [9.17, 15) is 19.2 Å². The van der Waals surface area contributed by atoms with E-state index in [1.165, 1.54) is 0 Å². The van der Waals surface area contributed by atoms with Crippen LogP contribution in [0.3, 0.4) is 0 Å². The molecule has 0 heterocycles. The summed E-state index contributed by atoms with van der Waals surface area (Å²) in [6.45, 7) is 22.5. The molecule has 200 valence electrons. The fraction of sp³-hybridized carbons (Fsp3) is 0.680. The van der Waals surface area contributed by atoms with Crippen LogP contribution in [0.15, 0.2) is 0 Å². The Morgan fingerprint density at radius 1 is 0.606 bits per heavy atom. The van der Waals surface area contributed by atoms with Crippen molar-refractivity contribution in [1.29, 1.82) is 0 Å². The molecule has 0 aromatic heterocycles. The van der Waals surface area contributed by atoms with E-state index >= 15 is 0 Å². The molecule has 0 N–H and O–H groups in total. The molecule has 0 atom stereocenters. The average molecular weight is 1150 g/mol. The SMILES string of the molecule is CC(C)C(=O)CC(=O)C(C)C.CC(C)[C-]=O.CC(C)[C-]=O.C[CH-]C.C[CH-]C.[CH3-].[CH3-].[W+2].[W+2].[W].[W]. The van der Waals surface area contributed by atoms with Crippen LogP contribution in [0.5, 0.6) is 0 Å². The molecule has 0 spiro atoms. The molecule has 0 radical (unpaired) electrons. The van der Waals surface area contributed by atoms with Crippen molar-refractivity contribution in [3.05, 3.63) is 27.7 Å². The molecule has 0 aliphatic heterocycles. The second-order valence-corrected chi connectivity index (χ2v) is 7.12. The van der Waals surface area contributed by atoms with Crippen LogP contribution < -0.4 is 0 Å². The standard InChI is InChI=1S/C9H16O2.2C4H7O.2C3H7.2CH3.4W/c1-6(2)8(10)5-9(11)7(3)4;2*1-4(2)3-5;2*1-3-2;;;;;;/h6-7H,5H2,1-4H3;2*4H,1-2H3;2*3H,1-2H3;2*1H3;;;;/q;6*-1;;;2*+2. The van der Waals surface area contributed by atoms with Crippen molar-refractivity contribution in [3.63, 3.8) is 0 Å². The van der Waals surface area contributed by atoms with Gasteiger partial charge in [-0.15, -0.1) is 11.8 Å². The molecule has 0 aromatic carbocycles. The number of Topliss-reactive ketones (excluding diaryl/α,β-unsaturated/α-hetero) is 2. The van der Waals surface area contributed by atoms with Gasteiger partial charge < -0.3 is 37.3 Å². The van der Waals surface area contributed by atoms with Gasteiger partial charge in [0.1, 0.15) is 11.6 Å². The van der Waals surface area contributed by atoms with Crippen molar-refractivity contribution in [3.8, 4) is 0 Å². The Hall–Kier alpha value is 1.43. The summed E-state index contributed by atoms with van der Waals surface area (Å²) in [5.74, 6) is 0.216. The van der Waals surface area contributed by atoms with Gasteiger partial charge in [-0.1, -0.05) is 55.4 Å². The third-order valence-electron chi connectivity index (χ3n) is 2.11. The quantitative estimate of drug-likeness (QED) is 0.220. The maximum atomic E-state index is 11.0. The normalized spacial score (nSPS) is 7.27. The van der Waals surface area contributed by atoms with E-state index in [2.05, 4.69) is 0 Å². The maximum Gasteiger partial charge on any atom is 2.00 e. The van der Waals surface area contributed by atoms with Crippen LogP contribution in [0.4, 0.5) is 0 Å². The summed E-state index contributed by atoms with van der Waals surface area (Å²) in [6.07, 6.45) is 7.66. The number of carbonyl (C=O) groups is 2. The molecule has 0 saturated carbocycles. The largest absolute Gasteiger partial charge is 2.00 e. The van der Waals surface area contributed by atoms with Gasteiger partial charge in [0.05, 0.1) is 6.42 Å². The van der Waals surface area contributed by atoms with Gasteiger partial charge in [-0.2, -0.15) is 27.7 Å². The van der Waals surface area contributed by atoms with Crippen molar-refractivity contribution < 1.29 is 103 Å². The molecule has 4 nitrogen and oxygen atoms in total. The minimum atomic E-state index is -0.0160. The Morgan fingerprint density at radius 3 is 0.788 bits per heavy atom. The molecule has 0 aliphatic rings. The molecule has 0 aliphatic carbocycles. The zero-order valence-electron chi connectivity index (χ0n) is 23.4. The Balaban J connectivity index is -0.0000000214. The van der Waals surface area contributed by atoms with E-state index in [0.29, 0.717) is 0 Å². The minimum Gasteiger partial charge on any atom is -0.542 e. The van der Waals surface area contributed by atoms with Gasteiger partial charge in [0.25, 0.3) is 0 Å². The molecule has 0 amide bonds. The zero-order valence-corrected chi connectivity index (χ0v) is 35.2. The van der Waals surface area contributed by atoms with E-state index in [1.807, 2.05) is 68.2 Å². The van der Waals surface area contributed by atoms with Crippen LogP contribution in [-0.2, 0) is 103 Å². The summed E-state index contributed by atoms with van der Waals surface area (Å²) in [6, 6.07) is 0. The molecule has 8 heteroatoms. The van der Waals surface area contributed by atoms with Crippen molar-refractivity contribution in [1.82, 2.24) is 0 Å². The summed E-state index contributed by atoms with van der Waals surface area (Å²) in [5.41, 5.74) is 0. The molecule has 0 saturated heterocycles. The van der Waals surface area contributed by atoms with Crippen molar-refractivity contribution in [2.24, 2.45) is 23.7 Å². The molecule has 0 fully saturated rings. The monoisotopic (exact) mass is 1150 g/mol. The third kappa shape index (κ3) is 109. The van der Waals surface area contributed by atoms with E-state index in [1.54, 1.807) is 40.3 Å². The molecule has 0 bridgehead atoms. The molecular formula is C25H50O4W4-2. The van der Waals surface area contributed by atoms with Gasteiger partial charge in [0.15, 0.2) is 0 Å². The number of ketones is 2. The third-order valence-corrected chi connectivity index (χ3v) is 2.11. The van der Waals surface area contributed by atoms with Crippen LogP contribution in [0.2, 0.25) is 0 Å². The van der Waals surface area contributed by atoms with Crippen LogP contribution in [0, 0.1) is 51.4 Å². The minimum absolute atomic E-state index is 0. The topological polar surface area (TPSA) is 68.3 Å². The molecule has 0 aromatic rings. The summed E-state index contributed by atoms with van der Waals surface area (Å²) in [5, 5.41) is 0. The van der Waals surface area contributed by atoms with E-state index in [4.69, 9.17) is 0 Å². The maximum absolute atomic E-state index is 11.0. The van der Waals surface area contributed by atoms with Gasteiger partial charge in [0.2, 0.25) is 0 Å². The fourth-order valence-electron chi connectivity index (χ4n) is 0.580. The summed E-state index contributed by atoms with van der Waals surface area (Å²) < 4.78 is 0. The first-order valence-electron chi connectivity index (χ1n) is 9.61. The summed E-state index contributed by atoms with van der Waals surface area (Å²) >= 11 is 0. The molecule has 0 rings (SSSR count). The van der Waals surface area contributed by atoms with Gasteiger partial charge in [-0.3, -0.25) is 22.2 Å². The first-order valence-corrected chi connectivity index (χ1v) is 9.61.